The fourth-order valence-corrected chi connectivity index (χ4v) is 2.43. The highest BCUT2D eigenvalue weighted by Gasteiger charge is 2.26. The summed E-state index contributed by atoms with van der Waals surface area (Å²) in [4.78, 5) is 12.0. The van der Waals surface area contributed by atoms with Gasteiger partial charge in [-0.05, 0) is 40.5 Å². The van der Waals surface area contributed by atoms with E-state index in [1.807, 2.05) is 48.5 Å². The monoisotopic (exact) mass is 341 g/mol. The topological polar surface area (TPSA) is 77.2 Å². The van der Waals surface area contributed by atoms with E-state index in [4.69, 9.17) is 9.15 Å². The van der Waals surface area contributed by atoms with Gasteiger partial charge in [0.05, 0.1) is 0 Å². The molecule has 0 saturated heterocycles. The number of carbonyl (C=O) groups is 1. The van der Waals surface area contributed by atoms with E-state index in [2.05, 4.69) is 21.6 Å². The minimum Gasteiger partial charge on any atom is -0.444 e. The predicted molar refractivity (Wildman–Crippen MR) is 91.4 cm³/mol. The fourth-order valence-electron chi connectivity index (χ4n) is 1.63. The Balaban J connectivity index is 2.73. The normalized spacial score (nSPS) is 12.9. The number of nitrogens with one attached hydrogen (secondary N) is 1. The van der Waals surface area contributed by atoms with E-state index in [-0.39, 0.29) is 12.0 Å². The van der Waals surface area contributed by atoms with Crippen LogP contribution in [0.25, 0.3) is 0 Å². The summed E-state index contributed by atoms with van der Waals surface area (Å²) < 4.78 is 10.9. The Labute approximate surface area is 142 Å². The smallest absolute Gasteiger partial charge is 0.408 e. The van der Waals surface area contributed by atoms with Gasteiger partial charge in [0.1, 0.15) is 11.6 Å². The van der Waals surface area contributed by atoms with Gasteiger partial charge in [0.15, 0.2) is 0 Å². The third-order valence-corrected chi connectivity index (χ3v) is 3.47. The van der Waals surface area contributed by atoms with Crippen LogP contribution < -0.4 is 5.32 Å². The van der Waals surface area contributed by atoms with Gasteiger partial charge in [-0.25, -0.2) is 4.79 Å². The summed E-state index contributed by atoms with van der Waals surface area (Å²) in [6.45, 7) is 13.5. The Bertz CT molecular complexity index is 543. The van der Waals surface area contributed by atoms with Crippen molar-refractivity contribution in [3.05, 3.63) is 17.5 Å². The van der Waals surface area contributed by atoms with E-state index in [9.17, 15) is 4.79 Å². The van der Waals surface area contributed by atoms with Crippen molar-refractivity contribution < 1.29 is 13.9 Å². The van der Waals surface area contributed by atoms with E-state index >= 15 is 0 Å². The first-order chi connectivity index (χ1) is 10.6. The number of amides is 1. The standard InChI is InChI=1S/C16H27N3O3S/c1-10(2)8-9-23-15-19-18-13(21-15)12(11(3)4)17-14(20)22-16(5,6)7/h8,11-12H,9H2,1-7H3,(H,17,20)/t12-/m0/s1. The van der Waals surface area contributed by atoms with Gasteiger partial charge in [-0.15, -0.1) is 10.2 Å². The van der Waals surface area contributed by atoms with Crippen LogP contribution in [0.5, 0.6) is 0 Å². The van der Waals surface area contributed by atoms with Crippen molar-refractivity contribution >= 4 is 17.9 Å². The number of allylic oxidation sites excluding steroid dienone is 1. The molecule has 6 nitrogen and oxygen atoms in total. The lowest BCUT2D eigenvalue weighted by atomic mass is 10.1. The third kappa shape index (κ3) is 7.54. The molecule has 1 amide bonds. The second kappa shape index (κ2) is 8.38. The van der Waals surface area contributed by atoms with E-state index in [0.717, 1.165) is 5.75 Å². The lowest BCUT2D eigenvalue weighted by molar-refractivity contribution is 0.0477. The van der Waals surface area contributed by atoms with Crippen LogP contribution in [-0.2, 0) is 4.74 Å². The quantitative estimate of drug-likeness (QED) is 0.612. The fraction of sp³-hybridized carbons (Fsp3) is 0.688. The molecule has 1 N–H and O–H groups in total. The molecule has 0 radical (unpaired) electrons. The summed E-state index contributed by atoms with van der Waals surface area (Å²) in [5.41, 5.74) is 0.690. The van der Waals surface area contributed by atoms with Crippen LogP contribution in [-0.4, -0.2) is 27.6 Å². The molecule has 0 aromatic carbocycles. The van der Waals surface area contributed by atoms with Crippen LogP contribution in [0, 0.1) is 5.92 Å². The van der Waals surface area contributed by atoms with Crippen molar-refractivity contribution in [3.63, 3.8) is 0 Å². The van der Waals surface area contributed by atoms with Crippen molar-refractivity contribution in [2.24, 2.45) is 5.92 Å². The maximum absolute atomic E-state index is 12.0. The number of aromatic nitrogens is 2. The summed E-state index contributed by atoms with van der Waals surface area (Å²) in [6, 6.07) is -0.379. The Morgan fingerprint density at radius 3 is 2.52 bits per heavy atom. The molecule has 0 bridgehead atoms. The van der Waals surface area contributed by atoms with Crippen LogP contribution in [0.15, 0.2) is 21.3 Å². The van der Waals surface area contributed by atoms with Crippen molar-refractivity contribution in [3.8, 4) is 0 Å². The molecule has 130 valence electrons. The first-order valence-electron chi connectivity index (χ1n) is 7.67. The third-order valence-electron chi connectivity index (χ3n) is 2.73. The molecule has 1 atom stereocenters. The van der Waals surface area contributed by atoms with Crippen molar-refractivity contribution in [2.45, 2.75) is 65.3 Å². The molecule has 0 spiro atoms. The highest BCUT2D eigenvalue weighted by atomic mass is 32.2. The molecule has 0 fully saturated rings. The predicted octanol–water partition coefficient (Wildman–Crippen LogP) is 4.35. The first-order valence-corrected chi connectivity index (χ1v) is 8.66. The van der Waals surface area contributed by atoms with Gasteiger partial charge >= 0.3 is 6.09 Å². The molecule has 0 saturated carbocycles. The number of hydrogen-bond donors (Lipinski definition) is 1. The Morgan fingerprint density at radius 1 is 1.35 bits per heavy atom. The molecule has 0 unspecified atom stereocenters. The molecule has 0 aliphatic rings. The van der Waals surface area contributed by atoms with Gasteiger partial charge in [0.2, 0.25) is 5.89 Å². The van der Waals surface area contributed by atoms with Crippen LogP contribution in [0.1, 0.15) is 60.4 Å². The zero-order valence-electron chi connectivity index (χ0n) is 15.0. The second-order valence-corrected chi connectivity index (χ2v) is 7.84. The van der Waals surface area contributed by atoms with Gasteiger partial charge in [-0.2, -0.15) is 0 Å². The van der Waals surface area contributed by atoms with Crippen molar-refractivity contribution in [2.75, 3.05) is 5.75 Å². The van der Waals surface area contributed by atoms with Gasteiger partial charge < -0.3 is 14.5 Å². The number of thioether (sulfide) groups is 1. The Kier molecular flexibility index (Phi) is 7.12. The number of carbonyl (C=O) groups excluding carboxylic acids is 1. The summed E-state index contributed by atoms with van der Waals surface area (Å²) >= 11 is 1.47. The molecule has 1 rings (SSSR count). The number of alkyl carbamates (subject to hydrolysis) is 1. The maximum Gasteiger partial charge on any atom is 0.408 e. The molecular formula is C16H27N3O3S. The second-order valence-electron chi connectivity index (χ2n) is 6.87. The minimum atomic E-state index is -0.550. The molecular weight excluding hydrogens is 314 g/mol. The lowest BCUT2D eigenvalue weighted by Gasteiger charge is -2.23. The summed E-state index contributed by atoms with van der Waals surface area (Å²) in [6.07, 6.45) is 1.60. The number of ether oxygens (including phenoxy) is 1. The zero-order valence-corrected chi connectivity index (χ0v) is 15.8. The Morgan fingerprint density at radius 2 is 2.00 bits per heavy atom. The maximum atomic E-state index is 12.0. The minimum absolute atomic E-state index is 0.0959. The molecule has 0 aliphatic heterocycles. The Hall–Kier alpha value is -1.50. The van der Waals surface area contributed by atoms with Gasteiger partial charge in [0, 0.05) is 5.75 Å². The average molecular weight is 341 g/mol. The van der Waals surface area contributed by atoms with E-state index in [0.29, 0.717) is 11.1 Å². The molecule has 1 aromatic heterocycles. The first kappa shape index (κ1) is 19.5. The molecule has 7 heteroatoms. The number of nitrogens with zero attached hydrogens (tertiary/aromatic N) is 2. The zero-order chi connectivity index (χ0) is 17.6. The summed E-state index contributed by atoms with van der Waals surface area (Å²) in [5.74, 6) is 1.26. The van der Waals surface area contributed by atoms with Gasteiger partial charge in [-0.3, -0.25) is 0 Å². The summed E-state index contributed by atoms with van der Waals surface area (Å²) in [5, 5.41) is 11.4. The molecule has 0 aliphatic carbocycles. The van der Waals surface area contributed by atoms with Crippen LogP contribution >= 0.6 is 11.8 Å². The average Bonchev–Trinajstić information content (AvgIpc) is 2.81. The lowest BCUT2D eigenvalue weighted by Crippen LogP contribution is -2.37. The van der Waals surface area contributed by atoms with Crippen LogP contribution in [0.3, 0.4) is 0 Å². The van der Waals surface area contributed by atoms with E-state index < -0.39 is 11.7 Å². The summed E-state index contributed by atoms with van der Waals surface area (Å²) in [7, 11) is 0. The van der Waals surface area contributed by atoms with Crippen LogP contribution in [0.4, 0.5) is 4.79 Å². The highest BCUT2D eigenvalue weighted by molar-refractivity contribution is 7.99. The number of hydrogen-bond acceptors (Lipinski definition) is 6. The highest BCUT2D eigenvalue weighted by Crippen LogP contribution is 2.25. The largest absolute Gasteiger partial charge is 0.444 e. The van der Waals surface area contributed by atoms with Crippen molar-refractivity contribution in [1.82, 2.24) is 15.5 Å². The van der Waals surface area contributed by atoms with E-state index in [1.165, 1.54) is 17.3 Å². The number of rotatable bonds is 6. The van der Waals surface area contributed by atoms with Gasteiger partial charge in [0.25, 0.3) is 5.22 Å². The molecule has 1 aromatic rings. The van der Waals surface area contributed by atoms with Gasteiger partial charge in [-0.1, -0.05) is 37.3 Å². The molecule has 23 heavy (non-hydrogen) atoms. The van der Waals surface area contributed by atoms with Crippen LogP contribution in [0.2, 0.25) is 0 Å². The van der Waals surface area contributed by atoms with Crippen molar-refractivity contribution in [1.29, 1.82) is 0 Å². The SMILES string of the molecule is CC(C)=CCSc1nnc([C@@H](NC(=O)OC(C)(C)C)C(C)C)o1. The van der Waals surface area contributed by atoms with E-state index in [1.54, 1.807) is 0 Å². The molecule has 1 heterocycles.